The molecule has 0 fully saturated rings. The maximum atomic E-state index is 5.84. The Bertz CT molecular complexity index is 300. The van der Waals surface area contributed by atoms with Gasteiger partial charge in [0.2, 0.25) is 0 Å². The predicted octanol–water partition coefficient (Wildman–Crippen LogP) is 1.35. The van der Waals surface area contributed by atoms with Gasteiger partial charge in [-0.15, -0.1) is 0 Å². The smallest absolute Gasteiger partial charge is 0.0948 e. The van der Waals surface area contributed by atoms with E-state index in [1.54, 1.807) is 7.11 Å². The van der Waals surface area contributed by atoms with Gasteiger partial charge in [0.1, 0.15) is 0 Å². The summed E-state index contributed by atoms with van der Waals surface area (Å²) in [5.74, 6) is 0. The van der Waals surface area contributed by atoms with Gasteiger partial charge in [0, 0.05) is 32.5 Å². The molecule has 0 aliphatic rings. The summed E-state index contributed by atoms with van der Waals surface area (Å²) < 4.78 is 12.4. The second kappa shape index (κ2) is 8.22. The molecular weight excluding hydrogens is 218 g/mol. The lowest BCUT2D eigenvalue weighted by Gasteiger charge is -2.10. The standard InChI is InChI=1S/C12H23N3O2/c1-11(13)12-9-14-10-15(12)5-3-4-6-17-8-7-16-2/h9-11H,3-8,13H2,1-2H3/t11-/m1/s1. The van der Waals surface area contributed by atoms with Crippen LogP contribution in [0.15, 0.2) is 12.5 Å². The zero-order chi connectivity index (χ0) is 12.5. The summed E-state index contributed by atoms with van der Waals surface area (Å²) in [4.78, 5) is 4.12. The largest absolute Gasteiger partial charge is 0.382 e. The van der Waals surface area contributed by atoms with Crippen LogP contribution in [0.5, 0.6) is 0 Å². The monoisotopic (exact) mass is 241 g/mol. The molecule has 1 heterocycles. The fourth-order valence-electron chi connectivity index (χ4n) is 1.63. The van der Waals surface area contributed by atoms with E-state index in [0.29, 0.717) is 13.2 Å². The molecule has 0 saturated carbocycles. The highest BCUT2D eigenvalue weighted by atomic mass is 16.5. The van der Waals surface area contributed by atoms with Gasteiger partial charge < -0.3 is 19.8 Å². The van der Waals surface area contributed by atoms with Crippen molar-refractivity contribution in [3.05, 3.63) is 18.2 Å². The quantitative estimate of drug-likeness (QED) is 0.663. The molecule has 98 valence electrons. The number of nitrogens with two attached hydrogens (primary N) is 1. The molecule has 0 amide bonds. The number of imidazole rings is 1. The summed E-state index contributed by atoms with van der Waals surface area (Å²) >= 11 is 0. The van der Waals surface area contributed by atoms with Crippen molar-refractivity contribution in [3.63, 3.8) is 0 Å². The van der Waals surface area contributed by atoms with Crippen LogP contribution in [0.2, 0.25) is 0 Å². The van der Waals surface area contributed by atoms with E-state index >= 15 is 0 Å². The van der Waals surface area contributed by atoms with Crippen LogP contribution in [0.3, 0.4) is 0 Å². The molecule has 0 unspecified atom stereocenters. The molecule has 1 atom stereocenters. The van der Waals surface area contributed by atoms with Crippen LogP contribution < -0.4 is 5.73 Å². The third-order valence-electron chi connectivity index (χ3n) is 2.58. The van der Waals surface area contributed by atoms with Gasteiger partial charge in [0.25, 0.3) is 0 Å². The lowest BCUT2D eigenvalue weighted by molar-refractivity contribution is 0.0684. The van der Waals surface area contributed by atoms with Gasteiger partial charge in [0.05, 0.1) is 25.2 Å². The normalized spacial score (nSPS) is 12.9. The topological polar surface area (TPSA) is 62.3 Å². The highest BCUT2D eigenvalue weighted by molar-refractivity contribution is 5.02. The summed E-state index contributed by atoms with van der Waals surface area (Å²) in [5, 5.41) is 0. The van der Waals surface area contributed by atoms with Crippen LogP contribution in [-0.4, -0.2) is 36.5 Å². The average molecular weight is 241 g/mol. The van der Waals surface area contributed by atoms with E-state index in [9.17, 15) is 0 Å². The van der Waals surface area contributed by atoms with Crippen LogP contribution >= 0.6 is 0 Å². The van der Waals surface area contributed by atoms with Crippen molar-refractivity contribution in [1.29, 1.82) is 0 Å². The van der Waals surface area contributed by atoms with Crippen molar-refractivity contribution < 1.29 is 9.47 Å². The molecule has 5 heteroatoms. The first-order chi connectivity index (χ1) is 8.25. The van der Waals surface area contributed by atoms with Gasteiger partial charge >= 0.3 is 0 Å². The first kappa shape index (κ1) is 14.2. The molecule has 0 aliphatic heterocycles. The molecule has 0 spiro atoms. The summed E-state index contributed by atoms with van der Waals surface area (Å²) in [6.07, 6.45) is 5.79. The zero-order valence-electron chi connectivity index (χ0n) is 10.8. The number of hydrogen-bond donors (Lipinski definition) is 1. The van der Waals surface area contributed by atoms with Crippen molar-refractivity contribution in [2.24, 2.45) is 5.73 Å². The summed E-state index contributed by atoms with van der Waals surface area (Å²) in [6, 6.07) is 0.0375. The molecule has 2 N–H and O–H groups in total. The lowest BCUT2D eigenvalue weighted by atomic mass is 10.2. The second-order valence-corrected chi connectivity index (χ2v) is 4.11. The van der Waals surface area contributed by atoms with Gasteiger partial charge in [-0.05, 0) is 19.8 Å². The maximum Gasteiger partial charge on any atom is 0.0948 e. The third-order valence-corrected chi connectivity index (χ3v) is 2.58. The molecule has 17 heavy (non-hydrogen) atoms. The molecule has 1 rings (SSSR count). The van der Waals surface area contributed by atoms with E-state index < -0.39 is 0 Å². The minimum absolute atomic E-state index is 0.0375. The van der Waals surface area contributed by atoms with Crippen molar-refractivity contribution in [3.8, 4) is 0 Å². The molecule has 0 aromatic carbocycles. The van der Waals surface area contributed by atoms with Crippen LogP contribution in [0.4, 0.5) is 0 Å². The molecule has 0 aliphatic carbocycles. The number of hydrogen-bond acceptors (Lipinski definition) is 4. The zero-order valence-corrected chi connectivity index (χ0v) is 10.8. The van der Waals surface area contributed by atoms with Gasteiger partial charge in [-0.25, -0.2) is 4.98 Å². The summed E-state index contributed by atoms with van der Waals surface area (Å²) in [6.45, 7) is 5.04. The van der Waals surface area contributed by atoms with Gasteiger partial charge in [-0.3, -0.25) is 0 Å². The minimum Gasteiger partial charge on any atom is -0.382 e. The van der Waals surface area contributed by atoms with E-state index in [0.717, 1.165) is 31.7 Å². The van der Waals surface area contributed by atoms with Crippen LogP contribution in [0, 0.1) is 0 Å². The summed E-state index contributed by atoms with van der Waals surface area (Å²) in [5.41, 5.74) is 6.93. The number of methoxy groups -OCH3 is 1. The van der Waals surface area contributed by atoms with Gasteiger partial charge in [-0.2, -0.15) is 0 Å². The highest BCUT2D eigenvalue weighted by Crippen LogP contribution is 2.09. The van der Waals surface area contributed by atoms with Crippen molar-refractivity contribution in [1.82, 2.24) is 9.55 Å². The van der Waals surface area contributed by atoms with Crippen molar-refractivity contribution in [2.75, 3.05) is 26.9 Å². The Balaban J connectivity index is 2.11. The Morgan fingerprint density at radius 3 is 2.88 bits per heavy atom. The maximum absolute atomic E-state index is 5.84. The first-order valence-electron chi connectivity index (χ1n) is 6.08. The Labute approximate surface area is 103 Å². The predicted molar refractivity (Wildman–Crippen MR) is 66.8 cm³/mol. The molecular formula is C12H23N3O2. The molecule has 1 aromatic rings. The van der Waals surface area contributed by atoms with E-state index in [1.807, 2.05) is 19.4 Å². The Morgan fingerprint density at radius 2 is 2.18 bits per heavy atom. The molecule has 0 bridgehead atoms. The lowest BCUT2D eigenvalue weighted by Crippen LogP contribution is -2.12. The number of ether oxygens (including phenoxy) is 2. The fraction of sp³-hybridized carbons (Fsp3) is 0.750. The second-order valence-electron chi connectivity index (χ2n) is 4.11. The van der Waals surface area contributed by atoms with Crippen molar-refractivity contribution in [2.45, 2.75) is 32.4 Å². The molecule has 1 aromatic heterocycles. The number of rotatable bonds is 9. The van der Waals surface area contributed by atoms with Crippen LogP contribution in [0.25, 0.3) is 0 Å². The number of aryl methyl sites for hydroxylation is 1. The van der Waals surface area contributed by atoms with Crippen molar-refractivity contribution >= 4 is 0 Å². The molecule has 0 saturated heterocycles. The van der Waals surface area contributed by atoms with Gasteiger partial charge in [-0.1, -0.05) is 0 Å². The number of aromatic nitrogens is 2. The Hall–Kier alpha value is -0.910. The number of unbranched alkanes of at least 4 members (excludes halogenated alkanes) is 1. The minimum atomic E-state index is 0.0375. The third kappa shape index (κ3) is 5.30. The summed E-state index contributed by atoms with van der Waals surface area (Å²) in [7, 11) is 1.68. The average Bonchev–Trinajstić information content (AvgIpc) is 2.76. The number of nitrogens with zero attached hydrogens (tertiary/aromatic N) is 2. The Kier molecular flexibility index (Phi) is 6.84. The van der Waals surface area contributed by atoms with Gasteiger partial charge in [0.15, 0.2) is 0 Å². The van der Waals surface area contributed by atoms with E-state index in [2.05, 4.69) is 9.55 Å². The Morgan fingerprint density at radius 1 is 1.35 bits per heavy atom. The van der Waals surface area contributed by atoms with Crippen LogP contribution in [0.1, 0.15) is 31.5 Å². The first-order valence-corrected chi connectivity index (χ1v) is 6.08. The van der Waals surface area contributed by atoms with Crippen LogP contribution in [-0.2, 0) is 16.0 Å². The highest BCUT2D eigenvalue weighted by Gasteiger charge is 2.05. The van der Waals surface area contributed by atoms with E-state index in [-0.39, 0.29) is 6.04 Å². The van der Waals surface area contributed by atoms with E-state index in [1.165, 1.54) is 0 Å². The molecule has 5 nitrogen and oxygen atoms in total. The SMILES string of the molecule is COCCOCCCCn1cncc1[C@@H](C)N. The van der Waals surface area contributed by atoms with E-state index in [4.69, 9.17) is 15.2 Å². The fourth-order valence-corrected chi connectivity index (χ4v) is 1.63. The molecule has 0 radical (unpaired) electrons.